The summed E-state index contributed by atoms with van der Waals surface area (Å²) in [5.41, 5.74) is 0.757. The highest BCUT2D eigenvalue weighted by molar-refractivity contribution is 14.1. The van der Waals surface area contributed by atoms with E-state index in [1.807, 2.05) is 28.4 Å². The number of fused-ring (bicyclic) bond motifs is 1. The highest BCUT2D eigenvalue weighted by Gasteiger charge is 2.35. The van der Waals surface area contributed by atoms with Crippen LogP contribution in [-0.4, -0.2) is 33.6 Å². The molecule has 2 N–H and O–H groups in total. The zero-order chi connectivity index (χ0) is 15.7. The molecule has 5 nitrogen and oxygen atoms in total. The molecule has 1 saturated heterocycles. The maximum atomic E-state index is 12.7. The van der Waals surface area contributed by atoms with Gasteiger partial charge in [0.2, 0.25) is 0 Å². The Balaban J connectivity index is 2.15. The molecule has 22 heavy (non-hydrogen) atoms. The van der Waals surface area contributed by atoms with Gasteiger partial charge in [0.25, 0.3) is 5.56 Å². The van der Waals surface area contributed by atoms with Crippen LogP contribution in [0.1, 0.15) is 18.2 Å². The van der Waals surface area contributed by atoms with Crippen molar-refractivity contribution >= 4 is 39.4 Å². The predicted molar refractivity (Wildman–Crippen MR) is 92.9 cm³/mol. The van der Waals surface area contributed by atoms with E-state index < -0.39 is 18.4 Å². The third kappa shape index (κ3) is 2.71. The van der Waals surface area contributed by atoms with Crippen LogP contribution in [-0.2, 0) is 4.74 Å². The van der Waals surface area contributed by atoms with Gasteiger partial charge in [0, 0.05) is 18.0 Å². The number of pyridine rings is 1. The summed E-state index contributed by atoms with van der Waals surface area (Å²) in [6, 6.07) is 7.42. The Hall–Kier alpha value is -1.22. The molecule has 6 heteroatoms. The van der Waals surface area contributed by atoms with Gasteiger partial charge in [0.05, 0.1) is 12.7 Å². The Morgan fingerprint density at radius 1 is 1.36 bits per heavy atom. The fourth-order valence-electron chi connectivity index (χ4n) is 2.80. The molecule has 1 aliphatic heterocycles. The van der Waals surface area contributed by atoms with E-state index in [-0.39, 0.29) is 18.6 Å². The molecule has 0 radical (unpaired) electrons. The molecule has 0 spiro atoms. The Labute approximate surface area is 141 Å². The minimum absolute atomic E-state index is 0.156. The summed E-state index contributed by atoms with van der Waals surface area (Å²) in [6.07, 6.45) is 1.98. The van der Waals surface area contributed by atoms with Gasteiger partial charge < -0.3 is 14.9 Å². The highest BCUT2D eigenvalue weighted by Crippen LogP contribution is 2.29. The SMILES string of the molecule is O=c1c2ccccc2c(/C=C/I)cn1[C@H]1C[C@H](O)[C@@H](CO)O1. The van der Waals surface area contributed by atoms with Crippen molar-refractivity contribution in [3.8, 4) is 0 Å². The van der Waals surface area contributed by atoms with E-state index in [1.165, 1.54) is 4.57 Å². The lowest BCUT2D eigenvalue weighted by Crippen LogP contribution is -2.26. The molecule has 3 atom stereocenters. The van der Waals surface area contributed by atoms with Gasteiger partial charge in [0.1, 0.15) is 12.3 Å². The highest BCUT2D eigenvalue weighted by atomic mass is 127. The Morgan fingerprint density at radius 3 is 2.73 bits per heavy atom. The first kappa shape index (κ1) is 15.7. The standard InChI is InChI=1S/C16H16INO4/c17-6-5-10-8-18(15-7-13(20)14(9-19)22-15)16(21)12-4-2-1-3-11(10)12/h1-6,8,13-15,19-20H,7,9H2/b6-5+/t13-,14+,15+/m0/s1. The topological polar surface area (TPSA) is 71.7 Å². The predicted octanol–water partition coefficient (Wildman–Crippen LogP) is 2.05. The third-order valence-electron chi connectivity index (χ3n) is 3.92. The zero-order valence-electron chi connectivity index (χ0n) is 11.7. The van der Waals surface area contributed by atoms with Crippen LogP contribution in [0.25, 0.3) is 16.8 Å². The number of rotatable bonds is 3. The van der Waals surface area contributed by atoms with Crippen LogP contribution in [0.5, 0.6) is 0 Å². The number of aliphatic hydroxyl groups is 2. The molecular weight excluding hydrogens is 397 g/mol. The average Bonchev–Trinajstić information content (AvgIpc) is 2.91. The molecule has 0 saturated carbocycles. The lowest BCUT2D eigenvalue weighted by Gasteiger charge is -2.17. The van der Waals surface area contributed by atoms with E-state index in [9.17, 15) is 15.0 Å². The molecule has 1 aromatic heterocycles. The average molecular weight is 413 g/mol. The summed E-state index contributed by atoms with van der Waals surface area (Å²) in [7, 11) is 0. The summed E-state index contributed by atoms with van der Waals surface area (Å²) in [6.45, 7) is -0.263. The largest absolute Gasteiger partial charge is 0.394 e. The first-order chi connectivity index (χ1) is 10.7. The van der Waals surface area contributed by atoms with Crippen LogP contribution in [0.3, 0.4) is 0 Å². The molecule has 2 heterocycles. The Morgan fingerprint density at radius 2 is 2.09 bits per heavy atom. The number of aromatic nitrogens is 1. The molecule has 0 bridgehead atoms. The number of hydrogen-bond acceptors (Lipinski definition) is 4. The Bertz CT molecular complexity index is 770. The van der Waals surface area contributed by atoms with Gasteiger partial charge >= 0.3 is 0 Å². The fraction of sp³-hybridized carbons (Fsp3) is 0.312. The van der Waals surface area contributed by atoms with Gasteiger partial charge in [-0.15, -0.1) is 0 Å². The van der Waals surface area contributed by atoms with Crippen molar-refractivity contribution in [2.24, 2.45) is 0 Å². The molecular formula is C16H16INO4. The van der Waals surface area contributed by atoms with E-state index in [2.05, 4.69) is 22.6 Å². The van der Waals surface area contributed by atoms with Crippen molar-refractivity contribution in [2.45, 2.75) is 24.9 Å². The lowest BCUT2D eigenvalue weighted by molar-refractivity contribution is -0.0453. The summed E-state index contributed by atoms with van der Waals surface area (Å²) in [4.78, 5) is 12.7. The normalized spacial score (nSPS) is 25.3. The number of benzene rings is 1. The van der Waals surface area contributed by atoms with Gasteiger partial charge in [-0.1, -0.05) is 40.8 Å². The maximum Gasteiger partial charge on any atom is 0.260 e. The summed E-state index contributed by atoms with van der Waals surface area (Å²) >= 11 is 2.13. The van der Waals surface area contributed by atoms with E-state index in [4.69, 9.17) is 4.74 Å². The van der Waals surface area contributed by atoms with Crippen molar-refractivity contribution in [3.63, 3.8) is 0 Å². The summed E-state index contributed by atoms with van der Waals surface area (Å²) in [5, 5.41) is 20.6. The maximum absolute atomic E-state index is 12.7. The summed E-state index contributed by atoms with van der Waals surface area (Å²) in [5.74, 6) is 0. The first-order valence-electron chi connectivity index (χ1n) is 7.00. The van der Waals surface area contributed by atoms with Gasteiger partial charge in [-0.3, -0.25) is 9.36 Å². The molecule has 2 aromatic rings. The minimum Gasteiger partial charge on any atom is -0.394 e. The number of halogens is 1. The summed E-state index contributed by atoms with van der Waals surface area (Å²) < 4.78 is 9.00. The fourth-order valence-corrected chi connectivity index (χ4v) is 3.19. The van der Waals surface area contributed by atoms with Crippen molar-refractivity contribution in [1.29, 1.82) is 0 Å². The van der Waals surface area contributed by atoms with Crippen molar-refractivity contribution in [1.82, 2.24) is 4.57 Å². The smallest absolute Gasteiger partial charge is 0.260 e. The van der Waals surface area contributed by atoms with Gasteiger partial charge in [0.15, 0.2) is 0 Å². The molecule has 0 amide bonds. The van der Waals surface area contributed by atoms with Crippen molar-refractivity contribution < 1.29 is 14.9 Å². The number of nitrogens with zero attached hydrogens (tertiary/aromatic N) is 1. The molecule has 0 unspecified atom stereocenters. The van der Waals surface area contributed by atoms with E-state index >= 15 is 0 Å². The number of ether oxygens (including phenoxy) is 1. The van der Waals surface area contributed by atoms with Crippen LogP contribution in [0, 0.1) is 0 Å². The van der Waals surface area contributed by atoms with Crippen molar-refractivity contribution in [3.05, 3.63) is 50.5 Å². The van der Waals surface area contributed by atoms with Gasteiger partial charge in [-0.25, -0.2) is 0 Å². The molecule has 3 rings (SSSR count). The number of aliphatic hydroxyl groups excluding tert-OH is 2. The second-order valence-corrected chi connectivity index (χ2v) is 5.97. The third-order valence-corrected chi connectivity index (χ3v) is 4.28. The zero-order valence-corrected chi connectivity index (χ0v) is 13.9. The van der Waals surface area contributed by atoms with Crippen LogP contribution in [0.15, 0.2) is 39.3 Å². The Kier molecular flexibility index (Phi) is 4.62. The molecule has 1 aliphatic rings. The van der Waals surface area contributed by atoms with E-state index in [0.29, 0.717) is 5.39 Å². The minimum atomic E-state index is -0.767. The monoisotopic (exact) mass is 413 g/mol. The van der Waals surface area contributed by atoms with Crippen molar-refractivity contribution in [2.75, 3.05) is 6.61 Å². The molecule has 116 valence electrons. The van der Waals surface area contributed by atoms with Crippen LogP contribution in [0.2, 0.25) is 0 Å². The van der Waals surface area contributed by atoms with Gasteiger partial charge in [-0.2, -0.15) is 0 Å². The number of hydrogen-bond donors (Lipinski definition) is 2. The second-order valence-electron chi connectivity index (χ2n) is 5.25. The molecule has 0 aliphatic carbocycles. The quantitative estimate of drug-likeness (QED) is 0.756. The van der Waals surface area contributed by atoms with Crippen LogP contribution >= 0.6 is 22.6 Å². The molecule has 1 fully saturated rings. The van der Waals surface area contributed by atoms with Crippen LogP contribution < -0.4 is 5.56 Å². The lowest BCUT2D eigenvalue weighted by atomic mass is 10.1. The molecule has 1 aromatic carbocycles. The first-order valence-corrected chi connectivity index (χ1v) is 8.25. The van der Waals surface area contributed by atoms with Gasteiger partial charge in [-0.05, 0) is 27.2 Å². The van der Waals surface area contributed by atoms with E-state index in [1.54, 1.807) is 12.3 Å². The second kappa shape index (κ2) is 6.49. The van der Waals surface area contributed by atoms with Crippen LogP contribution in [0.4, 0.5) is 0 Å². The van der Waals surface area contributed by atoms with E-state index in [0.717, 1.165) is 10.9 Å².